The van der Waals surface area contributed by atoms with E-state index in [2.05, 4.69) is 13.2 Å². The highest BCUT2D eigenvalue weighted by Gasteiger charge is 2.12. The van der Waals surface area contributed by atoms with E-state index in [1.165, 1.54) is 0 Å². The summed E-state index contributed by atoms with van der Waals surface area (Å²) in [5, 5.41) is 2.10. The second-order valence-corrected chi connectivity index (χ2v) is 8.82. The van der Waals surface area contributed by atoms with Gasteiger partial charge in [0.15, 0.2) is 0 Å². The summed E-state index contributed by atoms with van der Waals surface area (Å²) in [5.41, 5.74) is 3.80. The number of allylic oxidation sites excluding steroid dienone is 2. The van der Waals surface area contributed by atoms with E-state index in [1.807, 2.05) is 36.4 Å². The zero-order valence-electron chi connectivity index (χ0n) is 17.3. The fourth-order valence-electron chi connectivity index (χ4n) is 3.21. The maximum absolute atomic E-state index is 6.33. The molecule has 6 heteroatoms. The molecule has 0 atom stereocenters. The molecule has 3 aromatic rings. The van der Waals surface area contributed by atoms with Crippen molar-refractivity contribution in [3.05, 3.63) is 116 Å². The van der Waals surface area contributed by atoms with E-state index >= 15 is 0 Å². The molecule has 3 aromatic carbocycles. The number of hydrogen-bond donors (Lipinski definition) is 0. The minimum absolute atomic E-state index is 0.374. The molecule has 0 saturated heterocycles. The zero-order valence-corrected chi connectivity index (χ0v) is 20.4. The fraction of sp³-hybridized carbons (Fsp3) is 0.154. The normalized spacial score (nSPS) is 10.6. The third-order valence-electron chi connectivity index (χ3n) is 4.69. The first-order valence-corrected chi connectivity index (χ1v) is 11.4. The quantitative estimate of drug-likeness (QED) is 0.255. The van der Waals surface area contributed by atoms with Crippen LogP contribution in [0.3, 0.4) is 0 Å². The molecule has 0 fully saturated rings. The van der Waals surface area contributed by atoms with Gasteiger partial charge in [-0.15, -0.1) is 13.2 Å². The summed E-state index contributed by atoms with van der Waals surface area (Å²) in [6, 6.07) is 15.0. The van der Waals surface area contributed by atoms with Gasteiger partial charge in [0.25, 0.3) is 0 Å². The summed E-state index contributed by atoms with van der Waals surface area (Å²) < 4.78 is 12.0. The van der Waals surface area contributed by atoms with E-state index in [0.29, 0.717) is 57.6 Å². The molecule has 0 radical (unpaired) electrons. The van der Waals surface area contributed by atoms with Crippen molar-refractivity contribution in [3.63, 3.8) is 0 Å². The van der Waals surface area contributed by atoms with Crippen LogP contribution in [0.1, 0.15) is 22.3 Å². The van der Waals surface area contributed by atoms with Gasteiger partial charge in [0.2, 0.25) is 0 Å². The highest BCUT2D eigenvalue weighted by Crippen LogP contribution is 2.35. The molecule has 0 N–H and O–H groups in total. The number of benzene rings is 3. The Labute approximate surface area is 209 Å². The first kappa shape index (κ1) is 24.5. The Kier molecular flexibility index (Phi) is 8.95. The van der Waals surface area contributed by atoms with E-state index in [0.717, 1.165) is 22.3 Å². The number of rotatable bonds is 10. The third-order valence-corrected chi connectivity index (χ3v) is 5.69. The van der Waals surface area contributed by atoms with Crippen molar-refractivity contribution in [2.75, 3.05) is 0 Å². The Balaban J connectivity index is 1.66. The molecule has 0 amide bonds. The molecule has 0 unspecified atom stereocenters. The molecule has 0 aliphatic rings. The van der Waals surface area contributed by atoms with Gasteiger partial charge < -0.3 is 9.47 Å². The average Bonchev–Trinajstić information content (AvgIpc) is 2.74. The van der Waals surface area contributed by atoms with Crippen LogP contribution in [-0.2, 0) is 26.1 Å². The largest absolute Gasteiger partial charge is 0.487 e. The second-order valence-electron chi connectivity index (χ2n) is 7.13. The summed E-state index contributed by atoms with van der Waals surface area (Å²) >= 11 is 24.9. The number of halogens is 4. The van der Waals surface area contributed by atoms with Crippen molar-refractivity contribution in [2.24, 2.45) is 0 Å². The van der Waals surface area contributed by atoms with Gasteiger partial charge in [-0.1, -0.05) is 82.8 Å². The minimum Gasteiger partial charge on any atom is -0.487 e. The van der Waals surface area contributed by atoms with Crippen LogP contribution in [0.15, 0.2) is 73.8 Å². The van der Waals surface area contributed by atoms with E-state index in [9.17, 15) is 0 Å². The van der Waals surface area contributed by atoms with Crippen molar-refractivity contribution in [1.82, 2.24) is 0 Å². The lowest BCUT2D eigenvalue weighted by Gasteiger charge is -2.14. The van der Waals surface area contributed by atoms with Crippen molar-refractivity contribution in [3.8, 4) is 11.5 Å². The maximum atomic E-state index is 6.33. The van der Waals surface area contributed by atoms with Gasteiger partial charge in [-0.3, -0.25) is 0 Å². The molecular weight excluding hydrogens is 486 g/mol. The van der Waals surface area contributed by atoms with Gasteiger partial charge in [0, 0.05) is 21.2 Å². The summed E-state index contributed by atoms with van der Waals surface area (Å²) in [6.45, 7) is 8.30. The standard InChI is InChI=1S/C26H22Cl4O2/c1-3-5-19-11-21(27)13-23(29)25(19)31-15-17-7-9-18(10-8-17)16-32-26-20(6-4-2)12-22(28)14-24(26)30/h3-4,7-14H,1-2,5-6,15-16H2. The molecule has 0 aliphatic heterocycles. The number of ether oxygens (including phenoxy) is 2. The van der Waals surface area contributed by atoms with Crippen LogP contribution in [0.4, 0.5) is 0 Å². The van der Waals surface area contributed by atoms with Crippen molar-refractivity contribution in [2.45, 2.75) is 26.1 Å². The van der Waals surface area contributed by atoms with Crippen LogP contribution in [0.5, 0.6) is 11.5 Å². The zero-order chi connectivity index (χ0) is 23.1. The van der Waals surface area contributed by atoms with Gasteiger partial charge >= 0.3 is 0 Å². The lowest BCUT2D eigenvalue weighted by atomic mass is 10.1. The Morgan fingerprint density at radius 3 is 1.34 bits per heavy atom. The molecule has 0 bridgehead atoms. The fourth-order valence-corrected chi connectivity index (χ4v) is 4.39. The first-order chi connectivity index (χ1) is 15.4. The third kappa shape index (κ3) is 6.46. The van der Waals surface area contributed by atoms with Gasteiger partial charge in [0.05, 0.1) is 10.0 Å². The molecule has 2 nitrogen and oxygen atoms in total. The minimum atomic E-state index is 0.374. The molecule has 0 spiro atoms. The highest BCUT2D eigenvalue weighted by atomic mass is 35.5. The lowest BCUT2D eigenvalue weighted by molar-refractivity contribution is 0.300. The van der Waals surface area contributed by atoms with Crippen LogP contribution in [-0.4, -0.2) is 0 Å². The molecule has 32 heavy (non-hydrogen) atoms. The van der Waals surface area contributed by atoms with E-state index < -0.39 is 0 Å². The predicted molar refractivity (Wildman–Crippen MR) is 136 cm³/mol. The van der Waals surface area contributed by atoms with Gasteiger partial charge in [-0.05, 0) is 48.2 Å². The number of hydrogen-bond acceptors (Lipinski definition) is 2. The van der Waals surface area contributed by atoms with Crippen LogP contribution in [0.25, 0.3) is 0 Å². The molecule has 166 valence electrons. The summed E-state index contributed by atoms with van der Waals surface area (Å²) in [6.07, 6.45) is 4.81. The summed E-state index contributed by atoms with van der Waals surface area (Å²) in [7, 11) is 0. The molecule has 0 heterocycles. The molecular formula is C26H22Cl4O2. The smallest absolute Gasteiger partial charge is 0.142 e. The summed E-state index contributed by atoms with van der Waals surface area (Å²) in [5.74, 6) is 1.24. The molecule has 3 rings (SSSR count). The van der Waals surface area contributed by atoms with Crippen LogP contribution < -0.4 is 9.47 Å². The predicted octanol–water partition coefficient (Wildman–Crippen LogP) is 8.92. The van der Waals surface area contributed by atoms with Gasteiger partial charge in [-0.25, -0.2) is 0 Å². The van der Waals surface area contributed by atoms with E-state index in [-0.39, 0.29) is 0 Å². The Morgan fingerprint density at radius 1 is 0.625 bits per heavy atom. The Morgan fingerprint density at radius 2 is 1.00 bits per heavy atom. The molecule has 0 aliphatic carbocycles. The van der Waals surface area contributed by atoms with Crippen molar-refractivity contribution >= 4 is 46.4 Å². The molecule has 0 saturated carbocycles. The Bertz CT molecular complexity index is 1020. The van der Waals surface area contributed by atoms with E-state index in [4.69, 9.17) is 55.9 Å². The van der Waals surface area contributed by atoms with Crippen molar-refractivity contribution in [1.29, 1.82) is 0 Å². The van der Waals surface area contributed by atoms with Crippen LogP contribution in [0.2, 0.25) is 20.1 Å². The molecule has 0 aromatic heterocycles. The Hall–Kier alpha value is -2.10. The van der Waals surface area contributed by atoms with Gasteiger partial charge in [-0.2, -0.15) is 0 Å². The SMILES string of the molecule is C=CCc1cc(Cl)cc(Cl)c1OCc1ccc(COc2c(Cl)cc(Cl)cc2CC=C)cc1. The maximum Gasteiger partial charge on any atom is 0.142 e. The first-order valence-electron chi connectivity index (χ1n) is 9.92. The average molecular weight is 508 g/mol. The lowest BCUT2D eigenvalue weighted by Crippen LogP contribution is -2.01. The van der Waals surface area contributed by atoms with E-state index in [1.54, 1.807) is 24.3 Å². The van der Waals surface area contributed by atoms with Crippen LogP contribution in [0, 0.1) is 0 Å². The highest BCUT2D eigenvalue weighted by molar-refractivity contribution is 6.36. The summed E-state index contributed by atoms with van der Waals surface area (Å²) in [4.78, 5) is 0. The monoisotopic (exact) mass is 506 g/mol. The van der Waals surface area contributed by atoms with Crippen LogP contribution >= 0.6 is 46.4 Å². The van der Waals surface area contributed by atoms with Crippen molar-refractivity contribution < 1.29 is 9.47 Å². The second kappa shape index (κ2) is 11.7. The van der Waals surface area contributed by atoms with Gasteiger partial charge in [0.1, 0.15) is 24.7 Å². The topological polar surface area (TPSA) is 18.5 Å².